The van der Waals surface area contributed by atoms with Crippen molar-refractivity contribution >= 4 is 0 Å². The van der Waals surface area contributed by atoms with Gasteiger partial charge in [-0.05, 0) is 25.1 Å². The van der Waals surface area contributed by atoms with Crippen LogP contribution in [0.3, 0.4) is 0 Å². The third-order valence-corrected chi connectivity index (χ3v) is 4.81. The summed E-state index contributed by atoms with van der Waals surface area (Å²) in [5.41, 5.74) is 1.12. The number of hydrogen-bond acceptors (Lipinski definition) is 6. The molecule has 1 saturated heterocycles. The van der Waals surface area contributed by atoms with E-state index in [1.165, 1.54) is 0 Å². The first-order chi connectivity index (χ1) is 11.9. The van der Waals surface area contributed by atoms with Crippen molar-refractivity contribution in [3.05, 3.63) is 46.0 Å². The molecule has 7 heteroatoms. The Kier molecular flexibility index (Phi) is 5.34. The maximum atomic E-state index is 11.8. The lowest BCUT2D eigenvalue weighted by molar-refractivity contribution is 0.215. The molecule has 0 saturated carbocycles. The second-order valence-electron chi connectivity index (χ2n) is 7.28. The Morgan fingerprint density at radius 3 is 2.92 bits per heavy atom. The first-order valence-electron chi connectivity index (χ1n) is 8.83. The summed E-state index contributed by atoms with van der Waals surface area (Å²) in [5, 5.41) is 4.08. The summed E-state index contributed by atoms with van der Waals surface area (Å²) in [5.74, 6) is 1.70. The minimum absolute atomic E-state index is 0.0448. The van der Waals surface area contributed by atoms with Crippen LogP contribution in [0.1, 0.15) is 43.5 Å². The van der Waals surface area contributed by atoms with Crippen molar-refractivity contribution in [2.75, 3.05) is 20.1 Å². The second-order valence-corrected chi connectivity index (χ2v) is 7.28. The molecule has 0 unspecified atom stereocenters. The van der Waals surface area contributed by atoms with E-state index in [9.17, 15) is 4.79 Å². The molecule has 7 nitrogen and oxygen atoms in total. The van der Waals surface area contributed by atoms with Gasteiger partial charge in [0.25, 0.3) is 5.56 Å². The van der Waals surface area contributed by atoms with Gasteiger partial charge in [0.1, 0.15) is 0 Å². The summed E-state index contributed by atoms with van der Waals surface area (Å²) in [7, 11) is 3.88. The Labute approximate surface area is 148 Å². The van der Waals surface area contributed by atoms with E-state index in [1.54, 1.807) is 17.7 Å². The normalized spacial score (nSPS) is 18.6. The van der Waals surface area contributed by atoms with Crippen LogP contribution in [0.15, 0.2) is 27.6 Å². The van der Waals surface area contributed by atoms with Gasteiger partial charge in [-0.25, -0.2) is 0 Å². The van der Waals surface area contributed by atoms with E-state index in [-0.39, 0.29) is 11.5 Å². The van der Waals surface area contributed by atoms with Crippen molar-refractivity contribution in [3.8, 4) is 0 Å². The number of rotatable bonds is 6. The van der Waals surface area contributed by atoms with Gasteiger partial charge < -0.3 is 9.09 Å². The van der Waals surface area contributed by atoms with E-state index in [0.29, 0.717) is 18.5 Å². The quantitative estimate of drug-likeness (QED) is 0.792. The molecule has 0 N–H and O–H groups in total. The average Bonchev–Trinajstić information content (AvgIpc) is 3.20. The summed E-state index contributed by atoms with van der Waals surface area (Å²) < 4.78 is 6.88. The third kappa shape index (κ3) is 4.35. The molecule has 1 aliphatic heterocycles. The van der Waals surface area contributed by atoms with Crippen LogP contribution in [0.5, 0.6) is 0 Å². The lowest BCUT2D eigenvalue weighted by atomic mass is 10.2. The van der Waals surface area contributed by atoms with Crippen LogP contribution in [0.2, 0.25) is 0 Å². The number of likely N-dealkylation sites (N-methyl/N-ethyl adjacent to an activating group) is 1. The minimum atomic E-state index is 0.0448. The summed E-state index contributed by atoms with van der Waals surface area (Å²) in [6, 6.07) is 4.21. The van der Waals surface area contributed by atoms with E-state index in [4.69, 9.17) is 4.52 Å². The molecule has 25 heavy (non-hydrogen) atoms. The van der Waals surface area contributed by atoms with E-state index < -0.39 is 0 Å². The Balaban J connectivity index is 1.54. The molecule has 0 amide bonds. The maximum absolute atomic E-state index is 11.8. The lowest BCUT2D eigenvalue weighted by Crippen LogP contribution is -2.34. The van der Waals surface area contributed by atoms with E-state index in [0.717, 1.165) is 37.4 Å². The zero-order chi connectivity index (χ0) is 18.0. The van der Waals surface area contributed by atoms with Gasteiger partial charge in [0, 0.05) is 50.9 Å². The van der Waals surface area contributed by atoms with Gasteiger partial charge in [-0.15, -0.1) is 0 Å². The number of likely N-dealkylation sites (tertiary alicyclic amines) is 1. The highest BCUT2D eigenvalue weighted by atomic mass is 16.5. The highest BCUT2D eigenvalue weighted by molar-refractivity contribution is 5.11. The molecule has 0 spiro atoms. The highest BCUT2D eigenvalue weighted by Crippen LogP contribution is 2.19. The molecular weight excluding hydrogens is 318 g/mol. The van der Waals surface area contributed by atoms with Crippen molar-refractivity contribution in [3.63, 3.8) is 0 Å². The summed E-state index contributed by atoms with van der Waals surface area (Å²) in [6.45, 7) is 7.63. The van der Waals surface area contributed by atoms with Crippen LogP contribution in [-0.4, -0.2) is 50.7 Å². The SMILES string of the molecule is CC(C)c1nc(CN(C)[C@@H]2CCN(Cc3ccn(C)c(=O)c3)C2)no1. The van der Waals surface area contributed by atoms with E-state index in [2.05, 4.69) is 27.0 Å². The number of pyridine rings is 1. The van der Waals surface area contributed by atoms with Crippen LogP contribution < -0.4 is 5.56 Å². The molecule has 0 bridgehead atoms. The number of nitrogens with zero attached hydrogens (tertiary/aromatic N) is 5. The Bertz CT molecular complexity index is 767. The average molecular weight is 345 g/mol. The molecule has 2 aromatic rings. The van der Waals surface area contributed by atoms with Gasteiger partial charge in [0.2, 0.25) is 5.89 Å². The first-order valence-corrected chi connectivity index (χ1v) is 8.83. The monoisotopic (exact) mass is 345 g/mol. The summed E-state index contributed by atoms with van der Waals surface area (Å²) in [6.07, 6.45) is 2.94. The van der Waals surface area contributed by atoms with Gasteiger partial charge >= 0.3 is 0 Å². The molecule has 0 aliphatic carbocycles. The van der Waals surface area contributed by atoms with E-state index in [1.807, 2.05) is 26.1 Å². The molecule has 1 atom stereocenters. The molecule has 1 fully saturated rings. The zero-order valence-corrected chi connectivity index (χ0v) is 15.5. The molecule has 3 heterocycles. The highest BCUT2D eigenvalue weighted by Gasteiger charge is 2.26. The summed E-state index contributed by atoms with van der Waals surface area (Å²) >= 11 is 0. The van der Waals surface area contributed by atoms with Crippen molar-refractivity contribution in [1.82, 2.24) is 24.5 Å². The maximum Gasteiger partial charge on any atom is 0.250 e. The van der Waals surface area contributed by atoms with Gasteiger partial charge in [-0.1, -0.05) is 19.0 Å². The molecule has 0 aromatic carbocycles. The van der Waals surface area contributed by atoms with Crippen LogP contribution in [0, 0.1) is 0 Å². The largest absolute Gasteiger partial charge is 0.339 e. The summed E-state index contributed by atoms with van der Waals surface area (Å²) in [4.78, 5) is 20.9. The number of aromatic nitrogens is 3. The Hall–Kier alpha value is -1.99. The van der Waals surface area contributed by atoms with Crippen LogP contribution >= 0.6 is 0 Å². The van der Waals surface area contributed by atoms with Crippen LogP contribution in [0.25, 0.3) is 0 Å². The van der Waals surface area contributed by atoms with Gasteiger partial charge in [-0.2, -0.15) is 4.98 Å². The predicted molar refractivity (Wildman–Crippen MR) is 95.2 cm³/mol. The number of aryl methyl sites for hydroxylation is 1. The Morgan fingerprint density at radius 2 is 2.24 bits per heavy atom. The topological polar surface area (TPSA) is 67.4 Å². The standard InChI is InChI=1S/C18H27N5O2/c1-13(2)18-19-16(20-25-18)12-22(4)15-6-8-23(11-15)10-14-5-7-21(3)17(24)9-14/h5,7,9,13,15H,6,8,10-12H2,1-4H3/t15-/m1/s1. The van der Waals surface area contributed by atoms with Gasteiger partial charge in [0.05, 0.1) is 6.54 Å². The first kappa shape index (κ1) is 17.8. The Morgan fingerprint density at radius 1 is 1.44 bits per heavy atom. The molecular formula is C18H27N5O2. The molecule has 0 radical (unpaired) electrons. The molecule has 136 valence electrons. The fourth-order valence-electron chi connectivity index (χ4n) is 3.18. The minimum Gasteiger partial charge on any atom is -0.339 e. The smallest absolute Gasteiger partial charge is 0.250 e. The van der Waals surface area contributed by atoms with Gasteiger partial charge in [0.15, 0.2) is 5.82 Å². The second kappa shape index (κ2) is 7.49. The van der Waals surface area contributed by atoms with Gasteiger partial charge in [-0.3, -0.25) is 14.6 Å². The van der Waals surface area contributed by atoms with Crippen LogP contribution in [0.4, 0.5) is 0 Å². The molecule has 3 rings (SSSR count). The third-order valence-electron chi connectivity index (χ3n) is 4.81. The number of hydrogen-bond donors (Lipinski definition) is 0. The molecule has 2 aromatic heterocycles. The van der Waals surface area contributed by atoms with Crippen LogP contribution in [-0.2, 0) is 20.1 Å². The lowest BCUT2D eigenvalue weighted by Gasteiger charge is -2.23. The fourth-order valence-corrected chi connectivity index (χ4v) is 3.18. The van der Waals surface area contributed by atoms with E-state index >= 15 is 0 Å². The van der Waals surface area contributed by atoms with Crippen molar-refractivity contribution in [2.45, 2.75) is 45.3 Å². The predicted octanol–water partition coefficient (Wildman–Crippen LogP) is 1.60. The zero-order valence-electron chi connectivity index (χ0n) is 15.5. The van der Waals surface area contributed by atoms with Crippen molar-refractivity contribution < 1.29 is 4.52 Å². The molecule has 1 aliphatic rings. The fraction of sp³-hybridized carbons (Fsp3) is 0.611. The van der Waals surface area contributed by atoms with Crippen molar-refractivity contribution in [2.24, 2.45) is 7.05 Å². The van der Waals surface area contributed by atoms with Crippen molar-refractivity contribution in [1.29, 1.82) is 0 Å².